The van der Waals surface area contributed by atoms with Crippen molar-refractivity contribution in [3.05, 3.63) is 45.3 Å². The number of likely N-dealkylation sites (N-methyl/N-ethyl adjacent to an activating group) is 1. The summed E-state index contributed by atoms with van der Waals surface area (Å²) in [4.78, 5) is 42.6. The number of carboxylic acids is 2. The second kappa shape index (κ2) is 7.96. The third-order valence-electron chi connectivity index (χ3n) is 4.84. The molecule has 0 amide bonds. The van der Waals surface area contributed by atoms with Gasteiger partial charge in [-0.05, 0) is 25.5 Å². The number of aryl methyl sites for hydroxylation is 1. The molecule has 1 atom stereocenters. The molecule has 1 unspecified atom stereocenters. The molecule has 1 aliphatic heterocycles. The van der Waals surface area contributed by atoms with Gasteiger partial charge in [0.2, 0.25) is 5.76 Å². The summed E-state index contributed by atoms with van der Waals surface area (Å²) >= 11 is 0. The van der Waals surface area contributed by atoms with Crippen molar-refractivity contribution in [1.29, 1.82) is 0 Å². The minimum absolute atomic E-state index is 0.164. The van der Waals surface area contributed by atoms with Gasteiger partial charge in [0.25, 0.3) is 0 Å². The lowest BCUT2D eigenvalue weighted by atomic mass is 9.92. The third-order valence-corrected chi connectivity index (χ3v) is 4.84. The lowest BCUT2D eigenvalue weighted by Gasteiger charge is -2.36. The van der Waals surface area contributed by atoms with Crippen LogP contribution in [0, 0.1) is 0 Å². The first-order valence-electron chi connectivity index (χ1n) is 9.21. The zero-order chi connectivity index (χ0) is 21.3. The van der Waals surface area contributed by atoms with Crippen LogP contribution in [-0.2, 0) is 16.1 Å². The van der Waals surface area contributed by atoms with Crippen LogP contribution in [0.5, 0.6) is 0 Å². The van der Waals surface area contributed by atoms with Gasteiger partial charge in [-0.2, -0.15) is 0 Å². The Balaban J connectivity index is 2.46. The Bertz CT molecular complexity index is 1070. The van der Waals surface area contributed by atoms with Crippen molar-refractivity contribution in [3.63, 3.8) is 0 Å². The van der Waals surface area contributed by atoms with E-state index < -0.39 is 29.2 Å². The Labute approximate surface area is 166 Å². The third kappa shape index (κ3) is 3.44. The van der Waals surface area contributed by atoms with E-state index in [-0.39, 0.29) is 11.0 Å². The van der Waals surface area contributed by atoms with Gasteiger partial charge in [-0.3, -0.25) is 15.1 Å². The molecule has 2 heterocycles. The van der Waals surface area contributed by atoms with Crippen LogP contribution in [0.15, 0.2) is 27.4 Å². The number of hydrogen-bond acceptors (Lipinski definition) is 7. The summed E-state index contributed by atoms with van der Waals surface area (Å²) in [7, 11) is 1.41. The highest BCUT2D eigenvalue weighted by atomic mass is 16.6. The number of aromatic carboxylic acids is 1. The number of anilines is 1. The number of benzene rings is 1. The molecule has 1 aromatic carbocycles. The van der Waals surface area contributed by atoms with Crippen LogP contribution in [0.4, 0.5) is 5.69 Å². The van der Waals surface area contributed by atoms with Gasteiger partial charge in [0.1, 0.15) is 11.6 Å². The van der Waals surface area contributed by atoms with E-state index in [4.69, 9.17) is 9.25 Å². The van der Waals surface area contributed by atoms with E-state index in [1.807, 2.05) is 13.8 Å². The zero-order valence-electron chi connectivity index (χ0n) is 16.3. The van der Waals surface area contributed by atoms with E-state index in [1.165, 1.54) is 13.2 Å². The summed E-state index contributed by atoms with van der Waals surface area (Å²) in [5.74, 6) is -2.85. The highest BCUT2D eigenvalue weighted by Gasteiger charge is 2.34. The molecule has 0 fully saturated rings. The Hall–Kier alpha value is -3.33. The fraction of sp³-hybridized carbons (Fsp3) is 0.350. The van der Waals surface area contributed by atoms with Crippen molar-refractivity contribution in [1.82, 2.24) is 5.48 Å². The van der Waals surface area contributed by atoms with E-state index in [0.717, 1.165) is 6.07 Å². The molecular formula is C20H22N2O7. The summed E-state index contributed by atoms with van der Waals surface area (Å²) in [5.41, 5.74) is 4.57. The minimum atomic E-state index is -1.35. The second-order valence-corrected chi connectivity index (χ2v) is 6.61. The molecule has 0 bridgehead atoms. The number of hydroxylamine groups is 1. The molecule has 0 saturated heterocycles. The first-order chi connectivity index (χ1) is 13.8. The Morgan fingerprint density at radius 1 is 1.28 bits per heavy atom. The van der Waals surface area contributed by atoms with Crippen molar-refractivity contribution in [2.45, 2.75) is 32.7 Å². The number of fused-ring (bicyclic) bond motifs is 2. The van der Waals surface area contributed by atoms with Crippen LogP contribution in [0.25, 0.3) is 16.7 Å². The molecule has 0 aliphatic carbocycles. The molecule has 0 spiro atoms. The first-order valence-corrected chi connectivity index (χ1v) is 9.21. The molecule has 1 aromatic heterocycles. The standard InChI is InChI=1S/C20H22N2O7/c1-4-6-10-17-11(7-12-15(23)9-16(20(26)27)29-18(10)12)13(21-28-3)8-14(19(24)25)22(17)5-2/h7-9,14,21H,4-6H2,1-3H3,(H,24,25)(H,26,27). The van der Waals surface area contributed by atoms with Crippen molar-refractivity contribution >= 4 is 34.3 Å². The lowest BCUT2D eigenvalue weighted by Crippen LogP contribution is -2.44. The predicted molar refractivity (Wildman–Crippen MR) is 106 cm³/mol. The van der Waals surface area contributed by atoms with Gasteiger partial charge in [0, 0.05) is 23.7 Å². The predicted octanol–water partition coefficient (Wildman–Crippen LogP) is 2.23. The minimum Gasteiger partial charge on any atom is -0.479 e. The summed E-state index contributed by atoms with van der Waals surface area (Å²) in [6, 6.07) is 1.56. The van der Waals surface area contributed by atoms with Gasteiger partial charge in [0.05, 0.1) is 23.9 Å². The van der Waals surface area contributed by atoms with Crippen LogP contribution in [0.1, 0.15) is 41.9 Å². The molecular weight excluding hydrogens is 380 g/mol. The first kappa shape index (κ1) is 20.4. The maximum absolute atomic E-state index is 12.6. The smallest absolute Gasteiger partial charge is 0.371 e. The van der Waals surface area contributed by atoms with Crippen molar-refractivity contribution in [3.8, 4) is 0 Å². The quantitative estimate of drug-likeness (QED) is 0.597. The van der Waals surface area contributed by atoms with Crippen molar-refractivity contribution < 1.29 is 29.1 Å². The average molecular weight is 402 g/mol. The SMILES string of the molecule is CCCc1c2c(cc3c(=O)cc(C(=O)O)oc13)C(NOC)=CC(C(=O)O)N2CC. The maximum Gasteiger partial charge on any atom is 0.371 e. The summed E-state index contributed by atoms with van der Waals surface area (Å²) in [6.07, 6.45) is 2.67. The molecule has 3 N–H and O–H groups in total. The molecule has 9 heteroatoms. The van der Waals surface area contributed by atoms with E-state index in [1.54, 1.807) is 11.0 Å². The topological polar surface area (TPSA) is 129 Å². The van der Waals surface area contributed by atoms with E-state index in [9.17, 15) is 24.6 Å². The number of nitrogens with one attached hydrogen (secondary N) is 1. The molecule has 1 aliphatic rings. The van der Waals surface area contributed by atoms with Crippen molar-refractivity contribution in [2.24, 2.45) is 0 Å². The number of hydrogen-bond donors (Lipinski definition) is 3. The van der Waals surface area contributed by atoms with Gasteiger partial charge in [-0.1, -0.05) is 13.3 Å². The van der Waals surface area contributed by atoms with Gasteiger partial charge < -0.3 is 19.5 Å². The van der Waals surface area contributed by atoms with E-state index in [0.29, 0.717) is 41.9 Å². The molecule has 0 saturated carbocycles. The average Bonchev–Trinajstić information content (AvgIpc) is 2.68. The van der Waals surface area contributed by atoms with Crippen LogP contribution in [-0.4, -0.2) is 41.8 Å². The van der Waals surface area contributed by atoms with Crippen molar-refractivity contribution in [2.75, 3.05) is 18.6 Å². The Kier molecular flexibility index (Phi) is 5.60. The number of carbonyl (C=O) groups is 2. The number of rotatable bonds is 7. The lowest BCUT2D eigenvalue weighted by molar-refractivity contribution is -0.137. The highest BCUT2D eigenvalue weighted by Crippen LogP contribution is 2.40. The number of nitrogens with zero attached hydrogens (tertiary/aromatic N) is 1. The summed E-state index contributed by atoms with van der Waals surface area (Å²) in [5, 5.41) is 19.3. The Morgan fingerprint density at radius 2 is 2.00 bits per heavy atom. The summed E-state index contributed by atoms with van der Waals surface area (Å²) in [6.45, 7) is 4.14. The molecule has 29 heavy (non-hydrogen) atoms. The second-order valence-electron chi connectivity index (χ2n) is 6.61. The van der Waals surface area contributed by atoms with Gasteiger partial charge in [-0.15, -0.1) is 0 Å². The van der Waals surface area contributed by atoms with Crippen LogP contribution < -0.4 is 15.8 Å². The van der Waals surface area contributed by atoms with Gasteiger partial charge in [-0.25, -0.2) is 9.59 Å². The monoisotopic (exact) mass is 402 g/mol. The van der Waals surface area contributed by atoms with Crippen LogP contribution in [0.2, 0.25) is 0 Å². The molecule has 0 radical (unpaired) electrons. The highest BCUT2D eigenvalue weighted by molar-refractivity contribution is 5.99. The maximum atomic E-state index is 12.6. The zero-order valence-corrected chi connectivity index (χ0v) is 16.3. The molecule has 3 rings (SSSR count). The Morgan fingerprint density at radius 3 is 2.55 bits per heavy atom. The van der Waals surface area contributed by atoms with E-state index in [2.05, 4.69) is 5.48 Å². The van der Waals surface area contributed by atoms with Gasteiger partial charge in [0.15, 0.2) is 5.43 Å². The molecule has 9 nitrogen and oxygen atoms in total. The summed E-state index contributed by atoms with van der Waals surface area (Å²) < 4.78 is 5.59. The fourth-order valence-corrected chi connectivity index (χ4v) is 3.70. The number of aliphatic carboxylic acids is 1. The molecule has 154 valence electrons. The van der Waals surface area contributed by atoms with Gasteiger partial charge >= 0.3 is 11.9 Å². The van der Waals surface area contributed by atoms with Crippen LogP contribution in [0.3, 0.4) is 0 Å². The molecule has 2 aromatic rings. The van der Waals surface area contributed by atoms with Crippen LogP contribution >= 0.6 is 0 Å². The number of carboxylic acid groups (broad SMARTS) is 2. The normalized spacial score (nSPS) is 15.8. The van der Waals surface area contributed by atoms with E-state index >= 15 is 0 Å². The fourth-order valence-electron chi connectivity index (χ4n) is 3.70. The largest absolute Gasteiger partial charge is 0.479 e.